The molecule has 0 atom stereocenters. The van der Waals surface area contributed by atoms with Crippen molar-refractivity contribution in [2.45, 2.75) is 32.1 Å². The van der Waals surface area contributed by atoms with Gasteiger partial charge in [-0.15, -0.1) is 12.4 Å². The van der Waals surface area contributed by atoms with Crippen LogP contribution in [0, 0.1) is 6.42 Å². The number of nitrogens with two attached hydrogens (primary N) is 2. The van der Waals surface area contributed by atoms with E-state index in [1.165, 1.54) is 32.1 Å². The van der Waals surface area contributed by atoms with E-state index in [0.717, 1.165) is 0 Å². The Kier molecular flexibility index (Phi) is 36.7. The Morgan fingerprint density at radius 2 is 1.20 bits per heavy atom. The molecule has 1 fully saturated rings. The molecule has 0 bridgehead atoms. The molecule has 4 heteroatoms. The Balaban J connectivity index is -0.0000000450. The van der Waals surface area contributed by atoms with Crippen molar-refractivity contribution in [2.75, 3.05) is 0 Å². The largest absolute Gasteiger partial charge is 3.00 e. The standard InChI is InChI=1S/C6H11.ClH.Mn.2H2N/c1-2-4-6-5-3-1;;;;/h1H,2-6H2;1H;;2*1H2/q-1;;+3;2*-1. The summed E-state index contributed by atoms with van der Waals surface area (Å²) < 4.78 is 0. The van der Waals surface area contributed by atoms with E-state index in [4.69, 9.17) is 0 Å². The van der Waals surface area contributed by atoms with Crippen molar-refractivity contribution in [3.63, 3.8) is 0 Å². The molecule has 1 saturated carbocycles. The van der Waals surface area contributed by atoms with Gasteiger partial charge in [-0.3, -0.25) is 0 Å². The molecule has 1 rings (SSSR count). The Hall–Kier alpha value is 0.729. The van der Waals surface area contributed by atoms with E-state index in [1.54, 1.807) is 0 Å². The van der Waals surface area contributed by atoms with Gasteiger partial charge in [0.25, 0.3) is 0 Å². The molecular weight excluding hydrogens is 190 g/mol. The van der Waals surface area contributed by atoms with Gasteiger partial charge in [0, 0.05) is 0 Å². The van der Waals surface area contributed by atoms with Gasteiger partial charge in [-0.1, -0.05) is 19.3 Å². The second-order valence-electron chi connectivity index (χ2n) is 1.93. The van der Waals surface area contributed by atoms with Crippen LogP contribution in [0.4, 0.5) is 0 Å². The Bertz CT molecular complexity index is 31.2. The third kappa shape index (κ3) is 11.5. The van der Waals surface area contributed by atoms with Crippen LogP contribution in [-0.4, -0.2) is 0 Å². The normalized spacial score (nSPS) is 14.4. The van der Waals surface area contributed by atoms with E-state index in [0.29, 0.717) is 0 Å². The minimum atomic E-state index is 0. The summed E-state index contributed by atoms with van der Waals surface area (Å²) in [4.78, 5) is 0. The molecular formula is C6H16ClMnN2. The van der Waals surface area contributed by atoms with E-state index in [-0.39, 0.29) is 41.8 Å². The van der Waals surface area contributed by atoms with Crippen LogP contribution in [0.25, 0.3) is 12.3 Å². The first-order valence-corrected chi connectivity index (χ1v) is 2.82. The first-order valence-electron chi connectivity index (χ1n) is 2.82. The van der Waals surface area contributed by atoms with Crippen LogP contribution in [0.5, 0.6) is 0 Å². The maximum atomic E-state index is 2.39. The van der Waals surface area contributed by atoms with Crippen LogP contribution in [0.1, 0.15) is 32.1 Å². The topological polar surface area (TPSA) is 67.0 Å². The minimum Gasteiger partial charge on any atom is -0.693 e. The van der Waals surface area contributed by atoms with Gasteiger partial charge in [-0.25, -0.2) is 0 Å². The van der Waals surface area contributed by atoms with Crippen molar-refractivity contribution in [3.8, 4) is 0 Å². The molecule has 0 aromatic rings. The molecule has 1 aliphatic carbocycles. The Labute approximate surface area is 80.6 Å². The van der Waals surface area contributed by atoms with E-state index < -0.39 is 0 Å². The van der Waals surface area contributed by atoms with E-state index in [2.05, 4.69) is 6.42 Å². The van der Waals surface area contributed by atoms with Crippen LogP contribution in [0.15, 0.2) is 0 Å². The summed E-state index contributed by atoms with van der Waals surface area (Å²) in [5.74, 6) is 0. The number of hydrogen-bond donors (Lipinski definition) is 0. The van der Waals surface area contributed by atoms with Crippen molar-refractivity contribution in [1.82, 2.24) is 0 Å². The third-order valence-corrected chi connectivity index (χ3v) is 1.32. The van der Waals surface area contributed by atoms with Crippen molar-refractivity contribution in [1.29, 1.82) is 0 Å². The average Bonchev–Trinajstić information content (AvgIpc) is 1.72. The summed E-state index contributed by atoms with van der Waals surface area (Å²) in [6.45, 7) is 0. The summed E-state index contributed by atoms with van der Waals surface area (Å²) in [7, 11) is 0. The zero-order chi connectivity index (χ0) is 4.24. The first kappa shape index (κ1) is 22.4. The van der Waals surface area contributed by atoms with Gasteiger partial charge in [0.05, 0.1) is 0 Å². The van der Waals surface area contributed by atoms with E-state index >= 15 is 0 Å². The molecule has 64 valence electrons. The maximum Gasteiger partial charge on any atom is 3.00 e. The van der Waals surface area contributed by atoms with Gasteiger partial charge in [-0.05, 0) is 0 Å². The number of hydrogen-bond acceptors (Lipinski definition) is 0. The SMILES string of the molecule is Cl.[CH-]1CCCCC1.[Mn+3].[NH2-].[NH2-]. The Morgan fingerprint density at radius 3 is 1.30 bits per heavy atom. The van der Waals surface area contributed by atoms with Gasteiger partial charge >= 0.3 is 17.1 Å². The predicted octanol–water partition coefficient (Wildman–Crippen LogP) is 4.01. The fourth-order valence-electron chi connectivity index (χ4n) is 0.898. The van der Waals surface area contributed by atoms with Gasteiger partial charge < -0.3 is 18.7 Å². The second kappa shape index (κ2) is 16.4. The molecule has 0 aromatic carbocycles. The quantitative estimate of drug-likeness (QED) is 0.425. The summed E-state index contributed by atoms with van der Waals surface area (Å²) in [6, 6.07) is 0. The van der Waals surface area contributed by atoms with Crippen molar-refractivity contribution < 1.29 is 17.1 Å². The predicted molar refractivity (Wildman–Crippen MR) is 45.2 cm³/mol. The average molecular weight is 207 g/mol. The zero-order valence-electron chi connectivity index (χ0n) is 6.05. The molecule has 0 aliphatic heterocycles. The minimum absolute atomic E-state index is 0. The summed E-state index contributed by atoms with van der Waals surface area (Å²) in [5.41, 5.74) is 0. The fraction of sp³-hybridized carbons (Fsp3) is 0.833. The molecule has 2 nitrogen and oxygen atoms in total. The summed E-state index contributed by atoms with van der Waals surface area (Å²) in [5, 5.41) is 0. The summed E-state index contributed by atoms with van der Waals surface area (Å²) in [6.07, 6.45) is 9.50. The molecule has 0 heterocycles. The van der Waals surface area contributed by atoms with Crippen LogP contribution < -0.4 is 0 Å². The van der Waals surface area contributed by atoms with Crippen molar-refractivity contribution in [2.24, 2.45) is 0 Å². The van der Waals surface area contributed by atoms with Gasteiger partial charge in [0.1, 0.15) is 0 Å². The Morgan fingerprint density at radius 1 is 0.800 bits per heavy atom. The van der Waals surface area contributed by atoms with Crippen LogP contribution >= 0.6 is 12.4 Å². The molecule has 1 aliphatic rings. The molecule has 10 heavy (non-hydrogen) atoms. The van der Waals surface area contributed by atoms with Crippen molar-refractivity contribution >= 4 is 12.4 Å². The monoisotopic (exact) mass is 206 g/mol. The van der Waals surface area contributed by atoms with Crippen LogP contribution in [0.3, 0.4) is 0 Å². The maximum absolute atomic E-state index is 2.39. The molecule has 0 radical (unpaired) electrons. The molecule has 0 spiro atoms. The fourth-order valence-corrected chi connectivity index (χ4v) is 0.898. The number of rotatable bonds is 0. The van der Waals surface area contributed by atoms with E-state index in [9.17, 15) is 0 Å². The van der Waals surface area contributed by atoms with Gasteiger partial charge in [0.2, 0.25) is 0 Å². The van der Waals surface area contributed by atoms with Gasteiger partial charge in [-0.2, -0.15) is 12.8 Å². The third-order valence-electron chi connectivity index (χ3n) is 1.32. The molecule has 0 aromatic heterocycles. The summed E-state index contributed by atoms with van der Waals surface area (Å²) >= 11 is 0. The second-order valence-corrected chi connectivity index (χ2v) is 1.93. The van der Waals surface area contributed by atoms with Gasteiger partial charge in [0.15, 0.2) is 0 Å². The smallest absolute Gasteiger partial charge is 0.693 e. The molecule has 0 saturated heterocycles. The molecule has 0 unspecified atom stereocenters. The molecule has 0 amide bonds. The van der Waals surface area contributed by atoms with Crippen molar-refractivity contribution in [3.05, 3.63) is 18.7 Å². The zero-order valence-corrected chi connectivity index (χ0v) is 8.05. The first-order chi connectivity index (χ1) is 3.00. The van der Waals surface area contributed by atoms with Crippen LogP contribution in [0.2, 0.25) is 0 Å². The van der Waals surface area contributed by atoms with Crippen LogP contribution in [-0.2, 0) is 17.1 Å². The number of halogens is 1. The van der Waals surface area contributed by atoms with E-state index in [1.807, 2.05) is 0 Å². The molecule has 4 N–H and O–H groups in total.